The Morgan fingerprint density at radius 3 is 2.46 bits per heavy atom. The molecule has 0 aliphatic heterocycles. The number of aliphatic hydroxyl groups excluding tert-OH is 1. The Balaban J connectivity index is 2.11. The molecule has 5 heteroatoms. The molecule has 0 saturated carbocycles. The Kier molecular flexibility index (Phi) is 5.84. The maximum absolute atomic E-state index is 13.9. The van der Waals surface area contributed by atoms with Crippen molar-refractivity contribution in [2.45, 2.75) is 0 Å². The zero-order valence-electron chi connectivity index (χ0n) is 13.6. The summed E-state index contributed by atoms with van der Waals surface area (Å²) in [7, 11) is 3.21. The fourth-order valence-electron chi connectivity index (χ4n) is 2.32. The van der Waals surface area contributed by atoms with Crippen molar-refractivity contribution in [3.05, 3.63) is 77.5 Å². The fourth-order valence-corrected chi connectivity index (χ4v) is 2.32. The molecule has 0 spiro atoms. The minimum Gasteiger partial charge on any atom is -0.497 e. The van der Waals surface area contributed by atoms with Gasteiger partial charge >= 0.3 is 0 Å². The quantitative estimate of drug-likeness (QED) is 0.779. The van der Waals surface area contributed by atoms with E-state index in [0.717, 1.165) is 0 Å². The highest BCUT2D eigenvalue weighted by Gasteiger charge is 2.12. The van der Waals surface area contributed by atoms with Crippen molar-refractivity contribution in [1.82, 2.24) is 4.90 Å². The van der Waals surface area contributed by atoms with Crippen molar-refractivity contribution in [3.8, 4) is 5.75 Å². The van der Waals surface area contributed by atoms with Crippen LogP contribution in [0.1, 0.15) is 11.1 Å². The van der Waals surface area contributed by atoms with Gasteiger partial charge in [-0.3, -0.25) is 0 Å². The molecule has 0 heterocycles. The van der Waals surface area contributed by atoms with E-state index >= 15 is 0 Å². The Morgan fingerprint density at radius 2 is 1.88 bits per heavy atom. The number of rotatable bonds is 6. The second-order valence-corrected chi connectivity index (χ2v) is 5.21. The van der Waals surface area contributed by atoms with Crippen LogP contribution in [0.3, 0.4) is 0 Å². The highest BCUT2D eigenvalue weighted by molar-refractivity contribution is 5.64. The van der Waals surface area contributed by atoms with Gasteiger partial charge in [-0.05, 0) is 12.1 Å². The first-order valence-electron chi connectivity index (χ1n) is 7.41. The average Bonchev–Trinajstić information content (AvgIpc) is 2.57. The van der Waals surface area contributed by atoms with E-state index in [-0.39, 0.29) is 5.82 Å². The van der Waals surface area contributed by atoms with E-state index in [1.54, 1.807) is 48.4 Å². The Labute approximate surface area is 140 Å². The molecule has 0 fully saturated rings. The van der Waals surface area contributed by atoms with Crippen LogP contribution in [0.2, 0.25) is 0 Å². The van der Waals surface area contributed by atoms with Gasteiger partial charge in [-0.2, -0.15) is 0 Å². The van der Waals surface area contributed by atoms with Crippen LogP contribution < -0.4 is 4.74 Å². The first kappa shape index (κ1) is 17.4. The van der Waals surface area contributed by atoms with Gasteiger partial charge in [0.15, 0.2) is 0 Å². The van der Waals surface area contributed by atoms with Crippen molar-refractivity contribution in [3.63, 3.8) is 0 Å². The van der Waals surface area contributed by atoms with Gasteiger partial charge in [-0.25, -0.2) is 4.39 Å². The Bertz CT molecular complexity index is 738. The number of hydrogen-bond donors (Lipinski definition) is 2. The molecule has 24 heavy (non-hydrogen) atoms. The first-order valence-corrected chi connectivity index (χ1v) is 7.41. The zero-order chi connectivity index (χ0) is 17.5. The van der Waals surface area contributed by atoms with Crippen molar-refractivity contribution in [1.29, 1.82) is 0 Å². The summed E-state index contributed by atoms with van der Waals surface area (Å²) in [5.41, 5.74) is 1.42. The number of hydrogen-bond acceptors (Lipinski definition) is 4. The number of nitrogens with zero attached hydrogens (tertiary/aromatic N) is 1. The van der Waals surface area contributed by atoms with Gasteiger partial charge in [0, 0.05) is 30.8 Å². The first-order chi connectivity index (χ1) is 11.5. The Hall–Kier alpha value is -2.95. The van der Waals surface area contributed by atoms with Gasteiger partial charge < -0.3 is 19.8 Å². The SMILES string of the molecule is COc1ccc(/C=C/CN(C)C(=C(O)O)c2ccccc2)c(F)c1. The molecule has 2 aromatic rings. The third-order valence-electron chi connectivity index (χ3n) is 3.53. The van der Waals surface area contributed by atoms with Gasteiger partial charge in [0.05, 0.1) is 7.11 Å². The second kappa shape index (κ2) is 8.06. The number of methoxy groups -OCH3 is 1. The van der Waals surface area contributed by atoms with Gasteiger partial charge in [0.1, 0.15) is 17.3 Å². The highest BCUT2D eigenvalue weighted by Crippen LogP contribution is 2.20. The molecular weight excluding hydrogens is 309 g/mol. The van der Waals surface area contributed by atoms with Crippen molar-refractivity contribution in [2.75, 3.05) is 20.7 Å². The van der Waals surface area contributed by atoms with Crippen LogP contribution in [0.5, 0.6) is 5.75 Å². The number of aliphatic hydroxyl groups is 2. The maximum Gasteiger partial charge on any atom is 0.299 e. The molecule has 0 saturated heterocycles. The van der Waals surface area contributed by atoms with Gasteiger partial charge in [-0.1, -0.05) is 42.5 Å². The predicted molar refractivity (Wildman–Crippen MR) is 93.2 cm³/mol. The smallest absolute Gasteiger partial charge is 0.299 e. The van der Waals surface area contributed by atoms with Gasteiger partial charge in [-0.15, -0.1) is 0 Å². The third-order valence-corrected chi connectivity index (χ3v) is 3.53. The van der Waals surface area contributed by atoms with Crippen LogP contribution >= 0.6 is 0 Å². The number of benzene rings is 2. The van der Waals surface area contributed by atoms with Crippen LogP contribution in [0.15, 0.2) is 60.6 Å². The van der Waals surface area contributed by atoms with Crippen molar-refractivity contribution < 1.29 is 19.3 Å². The lowest BCUT2D eigenvalue weighted by Crippen LogP contribution is -2.18. The molecule has 0 atom stereocenters. The van der Waals surface area contributed by atoms with E-state index < -0.39 is 5.95 Å². The van der Waals surface area contributed by atoms with Crippen LogP contribution in [0, 0.1) is 5.82 Å². The summed E-state index contributed by atoms with van der Waals surface area (Å²) >= 11 is 0. The molecular formula is C19H20FNO3. The molecule has 4 nitrogen and oxygen atoms in total. The molecule has 2 aromatic carbocycles. The minimum absolute atomic E-state index is 0.301. The molecule has 0 aliphatic rings. The van der Waals surface area contributed by atoms with Crippen LogP contribution in [-0.2, 0) is 0 Å². The van der Waals surface area contributed by atoms with E-state index in [1.807, 2.05) is 18.2 Å². The lowest BCUT2D eigenvalue weighted by atomic mass is 10.1. The summed E-state index contributed by atoms with van der Waals surface area (Å²) in [6, 6.07) is 13.7. The third kappa shape index (κ3) is 4.29. The molecule has 0 unspecified atom stereocenters. The van der Waals surface area contributed by atoms with E-state index in [0.29, 0.717) is 29.1 Å². The summed E-state index contributed by atoms with van der Waals surface area (Å²) in [4.78, 5) is 1.67. The van der Waals surface area contributed by atoms with E-state index in [4.69, 9.17) is 4.74 Å². The summed E-state index contributed by atoms with van der Waals surface area (Å²) < 4.78 is 18.8. The normalized spacial score (nSPS) is 10.6. The van der Waals surface area contributed by atoms with E-state index in [9.17, 15) is 14.6 Å². The van der Waals surface area contributed by atoms with Crippen molar-refractivity contribution in [2.24, 2.45) is 0 Å². The molecule has 2 N–H and O–H groups in total. The summed E-state index contributed by atoms with van der Waals surface area (Å²) in [6.07, 6.45) is 3.39. The highest BCUT2D eigenvalue weighted by atomic mass is 19.1. The van der Waals surface area contributed by atoms with Crippen molar-refractivity contribution >= 4 is 11.8 Å². The monoisotopic (exact) mass is 329 g/mol. The maximum atomic E-state index is 13.9. The number of likely N-dealkylation sites (N-methyl/N-ethyl adjacent to an activating group) is 1. The van der Waals surface area contributed by atoms with Crippen LogP contribution in [-0.4, -0.2) is 35.8 Å². The second-order valence-electron chi connectivity index (χ2n) is 5.21. The molecule has 0 aliphatic carbocycles. The molecule has 0 aromatic heterocycles. The summed E-state index contributed by atoms with van der Waals surface area (Å²) in [5, 5.41) is 19.1. The number of halogens is 1. The fraction of sp³-hybridized carbons (Fsp3) is 0.158. The standard InChI is InChI=1S/C19H20FNO3/c1-21(18(19(22)23)15-7-4-3-5-8-15)12-6-9-14-10-11-16(24-2)13-17(14)20/h3-11,13,22-23H,12H2,1-2H3/b9-6+. The average molecular weight is 329 g/mol. The molecule has 126 valence electrons. The predicted octanol–water partition coefficient (Wildman–Crippen LogP) is 4.22. The molecule has 0 bridgehead atoms. The molecule has 0 amide bonds. The molecule has 0 radical (unpaired) electrons. The lowest BCUT2D eigenvalue weighted by Gasteiger charge is -2.20. The van der Waals surface area contributed by atoms with Crippen LogP contribution in [0.25, 0.3) is 11.8 Å². The van der Waals surface area contributed by atoms with E-state index in [2.05, 4.69) is 0 Å². The topological polar surface area (TPSA) is 52.9 Å². The van der Waals surface area contributed by atoms with E-state index in [1.165, 1.54) is 13.2 Å². The number of ether oxygens (including phenoxy) is 1. The summed E-state index contributed by atoms with van der Waals surface area (Å²) in [6.45, 7) is 0.375. The van der Waals surface area contributed by atoms with Gasteiger partial charge in [0.25, 0.3) is 5.95 Å². The van der Waals surface area contributed by atoms with Crippen LogP contribution in [0.4, 0.5) is 4.39 Å². The summed E-state index contributed by atoms with van der Waals surface area (Å²) in [5.74, 6) is -0.675. The minimum atomic E-state index is -0.757. The largest absolute Gasteiger partial charge is 0.497 e. The van der Waals surface area contributed by atoms with Gasteiger partial charge in [0.2, 0.25) is 0 Å². The zero-order valence-corrected chi connectivity index (χ0v) is 13.6. The lowest BCUT2D eigenvalue weighted by molar-refractivity contribution is 0.186. The Morgan fingerprint density at radius 1 is 1.17 bits per heavy atom. The molecule has 2 rings (SSSR count).